The van der Waals surface area contributed by atoms with Crippen LogP contribution < -0.4 is 4.74 Å². The summed E-state index contributed by atoms with van der Waals surface area (Å²) in [6, 6.07) is 13.6. The summed E-state index contributed by atoms with van der Waals surface area (Å²) in [6.07, 6.45) is 3.01. The molecule has 0 bridgehead atoms. The van der Waals surface area contributed by atoms with Crippen LogP contribution in [0, 0.1) is 0 Å². The van der Waals surface area contributed by atoms with Gasteiger partial charge in [0, 0.05) is 5.39 Å². The minimum Gasteiger partial charge on any atom is -0.478 e. The zero-order valence-electron chi connectivity index (χ0n) is 10.6. The molecular formula is C16H16O3. The maximum absolute atomic E-state index is 11.5. The fourth-order valence-electron chi connectivity index (χ4n) is 2.80. The molecule has 1 fully saturated rings. The normalized spacial score (nSPS) is 17.5. The Morgan fingerprint density at radius 2 is 1.74 bits per heavy atom. The summed E-state index contributed by atoms with van der Waals surface area (Å²) in [5, 5.41) is 11.5. The first kappa shape index (κ1) is 12.0. The van der Waals surface area contributed by atoms with E-state index in [9.17, 15) is 9.90 Å². The lowest BCUT2D eigenvalue weighted by Crippen LogP contribution is -2.41. The van der Waals surface area contributed by atoms with Crippen LogP contribution >= 0.6 is 0 Å². The zero-order valence-corrected chi connectivity index (χ0v) is 10.6. The molecule has 3 rings (SSSR count). The van der Waals surface area contributed by atoms with Crippen molar-refractivity contribution in [2.24, 2.45) is 0 Å². The van der Waals surface area contributed by atoms with Gasteiger partial charge in [-0.1, -0.05) is 36.4 Å². The first-order valence-corrected chi connectivity index (χ1v) is 6.61. The second kappa shape index (κ2) is 4.57. The summed E-state index contributed by atoms with van der Waals surface area (Å²) in [5.74, 6) is -0.180. The molecule has 2 aromatic carbocycles. The number of carboxylic acids is 1. The SMILES string of the molecule is O=C(O)C1(Oc2cccc3ccccc23)CCCC1. The number of aliphatic carboxylic acids is 1. The highest BCUT2D eigenvalue weighted by molar-refractivity contribution is 5.89. The van der Waals surface area contributed by atoms with E-state index in [1.54, 1.807) is 0 Å². The third-order valence-corrected chi connectivity index (χ3v) is 3.86. The Balaban J connectivity index is 2.03. The second-order valence-corrected chi connectivity index (χ2v) is 5.09. The number of ether oxygens (including phenoxy) is 1. The van der Waals surface area contributed by atoms with Crippen LogP contribution in [0.25, 0.3) is 10.8 Å². The fraction of sp³-hybridized carbons (Fsp3) is 0.312. The molecule has 3 heteroatoms. The molecule has 3 nitrogen and oxygen atoms in total. The molecule has 0 atom stereocenters. The van der Waals surface area contributed by atoms with E-state index < -0.39 is 11.6 Å². The van der Waals surface area contributed by atoms with E-state index in [0.29, 0.717) is 18.6 Å². The van der Waals surface area contributed by atoms with E-state index in [-0.39, 0.29) is 0 Å². The third-order valence-electron chi connectivity index (χ3n) is 3.86. The van der Waals surface area contributed by atoms with Crippen LogP contribution in [-0.2, 0) is 4.79 Å². The molecule has 98 valence electrons. The van der Waals surface area contributed by atoms with Gasteiger partial charge < -0.3 is 9.84 Å². The van der Waals surface area contributed by atoms with Gasteiger partial charge in [-0.15, -0.1) is 0 Å². The van der Waals surface area contributed by atoms with Crippen LogP contribution in [0.3, 0.4) is 0 Å². The van der Waals surface area contributed by atoms with Gasteiger partial charge in [0.15, 0.2) is 0 Å². The van der Waals surface area contributed by atoms with Gasteiger partial charge >= 0.3 is 5.97 Å². The molecule has 2 aromatic rings. The summed E-state index contributed by atoms with van der Waals surface area (Å²) >= 11 is 0. The number of benzene rings is 2. The molecule has 0 aromatic heterocycles. The highest BCUT2D eigenvalue weighted by Gasteiger charge is 2.44. The molecule has 1 aliphatic rings. The smallest absolute Gasteiger partial charge is 0.348 e. The second-order valence-electron chi connectivity index (χ2n) is 5.09. The molecular weight excluding hydrogens is 240 g/mol. The first-order chi connectivity index (χ1) is 9.21. The summed E-state index contributed by atoms with van der Waals surface area (Å²) in [6.45, 7) is 0. The van der Waals surface area contributed by atoms with E-state index in [0.717, 1.165) is 23.6 Å². The minimum atomic E-state index is -1.04. The Labute approximate surface area is 111 Å². The average molecular weight is 256 g/mol. The highest BCUT2D eigenvalue weighted by Crippen LogP contribution is 2.37. The summed E-state index contributed by atoms with van der Waals surface area (Å²) in [5.41, 5.74) is -1.04. The lowest BCUT2D eigenvalue weighted by Gasteiger charge is -2.26. The standard InChI is InChI=1S/C16H16O3/c17-15(18)16(10-3-4-11-16)19-14-9-5-7-12-6-1-2-8-13(12)14/h1-2,5-9H,3-4,10-11H2,(H,17,18). The van der Waals surface area contributed by atoms with Crippen molar-refractivity contribution in [2.75, 3.05) is 0 Å². The topological polar surface area (TPSA) is 46.5 Å². The molecule has 0 spiro atoms. The molecule has 1 aliphatic carbocycles. The van der Waals surface area contributed by atoms with Gasteiger partial charge in [0.05, 0.1) is 0 Å². The van der Waals surface area contributed by atoms with Crippen LogP contribution in [0.15, 0.2) is 42.5 Å². The van der Waals surface area contributed by atoms with Gasteiger partial charge in [-0.3, -0.25) is 0 Å². The quantitative estimate of drug-likeness (QED) is 0.912. The van der Waals surface area contributed by atoms with Crippen molar-refractivity contribution in [3.05, 3.63) is 42.5 Å². The average Bonchev–Trinajstić information content (AvgIpc) is 2.89. The fourth-order valence-corrected chi connectivity index (χ4v) is 2.80. The van der Waals surface area contributed by atoms with Crippen molar-refractivity contribution in [3.8, 4) is 5.75 Å². The number of carboxylic acid groups (broad SMARTS) is 1. The van der Waals surface area contributed by atoms with Crippen molar-refractivity contribution in [3.63, 3.8) is 0 Å². The summed E-state index contributed by atoms with van der Waals surface area (Å²) < 4.78 is 5.94. The van der Waals surface area contributed by atoms with Gasteiger partial charge in [0.25, 0.3) is 0 Å². The van der Waals surface area contributed by atoms with Gasteiger partial charge in [-0.25, -0.2) is 4.79 Å². The Bertz CT molecular complexity index is 607. The van der Waals surface area contributed by atoms with Gasteiger partial charge in [0.1, 0.15) is 5.75 Å². The van der Waals surface area contributed by atoms with Crippen LogP contribution in [-0.4, -0.2) is 16.7 Å². The van der Waals surface area contributed by atoms with Crippen LogP contribution in [0.5, 0.6) is 5.75 Å². The van der Waals surface area contributed by atoms with E-state index in [4.69, 9.17) is 4.74 Å². The largest absolute Gasteiger partial charge is 0.478 e. The summed E-state index contributed by atoms with van der Waals surface area (Å²) in [7, 11) is 0. The highest BCUT2D eigenvalue weighted by atomic mass is 16.5. The van der Waals surface area contributed by atoms with Crippen molar-refractivity contribution >= 4 is 16.7 Å². The Kier molecular flexibility index (Phi) is 2.90. The maximum Gasteiger partial charge on any atom is 0.348 e. The van der Waals surface area contributed by atoms with Crippen LogP contribution in [0.4, 0.5) is 0 Å². The number of rotatable bonds is 3. The predicted octanol–water partition coefficient (Wildman–Crippen LogP) is 3.62. The molecule has 0 unspecified atom stereocenters. The molecule has 0 saturated heterocycles. The third kappa shape index (κ3) is 2.05. The number of fused-ring (bicyclic) bond motifs is 1. The number of carbonyl (C=O) groups is 1. The van der Waals surface area contributed by atoms with Crippen LogP contribution in [0.2, 0.25) is 0 Å². The lowest BCUT2D eigenvalue weighted by atomic mass is 10.0. The van der Waals surface area contributed by atoms with E-state index in [2.05, 4.69) is 0 Å². The molecule has 1 N–H and O–H groups in total. The predicted molar refractivity (Wildman–Crippen MR) is 73.4 cm³/mol. The van der Waals surface area contributed by atoms with Crippen LogP contribution in [0.1, 0.15) is 25.7 Å². The summed E-state index contributed by atoms with van der Waals surface area (Å²) in [4.78, 5) is 11.5. The Morgan fingerprint density at radius 1 is 1.05 bits per heavy atom. The Hall–Kier alpha value is -2.03. The maximum atomic E-state index is 11.5. The van der Waals surface area contributed by atoms with Crippen molar-refractivity contribution in [2.45, 2.75) is 31.3 Å². The van der Waals surface area contributed by atoms with Crippen molar-refractivity contribution in [1.29, 1.82) is 0 Å². The zero-order chi connectivity index (χ0) is 13.3. The molecule has 0 heterocycles. The molecule has 19 heavy (non-hydrogen) atoms. The van der Waals surface area contributed by atoms with Gasteiger partial charge in [0.2, 0.25) is 5.60 Å². The monoisotopic (exact) mass is 256 g/mol. The molecule has 0 aliphatic heterocycles. The van der Waals surface area contributed by atoms with Crippen molar-refractivity contribution in [1.82, 2.24) is 0 Å². The number of hydrogen-bond donors (Lipinski definition) is 1. The van der Waals surface area contributed by atoms with E-state index >= 15 is 0 Å². The molecule has 1 saturated carbocycles. The minimum absolute atomic E-state index is 0.589. The molecule has 0 radical (unpaired) electrons. The van der Waals surface area contributed by atoms with Gasteiger partial charge in [-0.2, -0.15) is 0 Å². The first-order valence-electron chi connectivity index (χ1n) is 6.61. The van der Waals surface area contributed by atoms with E-state index in [1.807, 2.05) is 42.5 Å². The lowest BCUT2D eigenvalue weighted by molar-refractivity contribution is -0.154. The van der Waals surface area contributed by atoms with E-state index in [1.165, 1.54) is 0 Å². The number of hydrogen-bond acceptors (Lipinski definition) is 2. The Morgan fingerprint density at radius 3 is 2.47 bits per heavy atom. The van der Waals surface area contributed by atoms with Crippen molar-refractivity contribution < 1.29 is 14.6 Å². The van der Waals surface area contributed by atoms with Gasteiger partial charge in [-0.05, 0) is 37.1 Å². The molecule has 0 amide bonds.